The van der Waals surface area contributed by atoms with Gasteiger partial charge < -0.3 is 28.2 Å². The van der Waals surface area contributed by atoms with Crippen LogP contribution in [0.25, 0.3) is 91.8 Å². The second-order valence-electron chi connectivity index (χ2n) is 12.7. The molecule has 12 nitrogen and oxygen atoms in total. The molecule has 0 fully saturated rings. The number of nitrogens with one attached hydrogen (secondary N) is 2. The minimum Gasteiger partial charge on any atom is -0.354 e. The van der Waals surface area contributed by atoms with Crippen LogP contribution in [0.3, 0.4) is 0 Å². The molecule has 0 spiro atoms. The zero-order chi connectivity index (χ0) is 35.3. The Hall–Kier alpha value is -6.56. The largest absolute Gasteiger partial charge is 0.354 e. The Morgan fingerprint density at radius 1 is 0.481 bits per heavy atom. The van der Waals surface area contributed by atoms with Crippen LogP contribution in [-0.4, -0.2) is 58.1 Å². The van der Waals surface area contributed by atoms with E-state index in [0.29, 0.717) is 0 Å². The Morgan fingerprint density at radius 3 is 1.23 bits per heavy atom. The van der Waals surface area contributed by atoms with Crippen molar-refractivity contribution in [3.05, 3.63) is 96.7 Å². The monoisotopic (exact) mass is 686 g/mol. The van der Waals surface area contributed by atoms with Crippen LogP contribution in [0.2, 0.25) is 0 Å². The van der Waals surface area contributed by atoms with Gasteiger partial charge in [0.1, 0.15) is 17.5 Å². The third kappa shape index (κ3) is 4.97. The van der Waals surface area contributed by atoms with Crippen molar-refractivity contribution in [2.75, 3.05) is 0 Å². The van der Waals surface area contributed by atoms with E-state index in [2.05, 4.69) is 109 Å². The van der Waals surface area contributed by atoms with Crippen molar-refractivity contribution in [2.45, 2.75) is 53.9 Å². The molecule has 52 heavy (non-hydrogen) atoms. The first-order valence-electron chi connectivity index (χ1n) is 17.8. The highest BCUT2D eigenvalue weighted by atomic mass is 15.1. The highest BCUT2D eigenvalue weighted by molar-refractivity contribution is 5.98. The van der Waals surface area contributed by atoms with Gasteiger partial charge in [0.2, 0.25) is 0 Å². The molecule has 0 atom stereocenters. The van der Waals surface area contributed by atoms with Gasteiger partial charge in [-0.2, -0.15) is 0 Å². The summed E-state index contributed by atoms with van der Waals surface area (Å²) in [5.74, 6) is 2.50. The predicted octanol–water partition coefficient (Wildman–Crippen LogP) is 8.19. The average Bonchev–Trinajstić information content (AvgIpc) is 4.02. The van der Waals surface area contributed by atoms with Crippen molar-refractivity contribution in [2.24, 2.45) is 0 Å². The summed E-state index contributed by atoms with van der Waals surface area (Å²) in [7, 11) is 0. The van der Waals surface area contributed by atoms with E-state index >= 15 is 0 Å². The van der Waals surface area contributed by atoms with Crippen LogP contribution >= 0.6 is 0 Å². The third-order valence-corrected chi connectivity index (χ3v) is 9.90. The minimum atomic E-state index is 0.761. The lowest BCUT2D eigenvalue weighted by atomic mass is 10.1. The number of aromatic nitrogens is 12. The average molecular weight is 687 g/mol. The second-order valence-corrected chi connectivity index (χ2v) is 12.7. The maximum absolute atomic E-state index is 5.37. The Labute approximate surface area is 300 Å². The summed E-state index contributed by atoms with van der Waals surface area (Å²) in [6, 6.07) is 8.45. The topological polar surface area (TPSA) is 129 Å². The van der Waals surface area contributed by atoms with Crippen molar-refractivity contribution in [3.8, 4) is 45.4 Å². The number of H-pyrrole nitrogens is 2. The van der Waals surface area contributed by atoms with E-state index in [1.165, 1.54) is 0 Å². The lowest BCUT2D eigenvalue weighted by Gasteiger charge is -2.09. The summed E-state index contributed by atoms with van der Waals surface area (Å²) in [5.41, 5.74) is 11.5. The van der Waals surface area contributed by atoms with E-state index in [1.54, 1.807) is 0 Å². The standard InChI is InChI=1S/C40H38N12/c1-5-49-20-17-42-38(49)35-27-11-9-25(45-27)34(33-23-41-24-52(33)8-4)26-10-12-28(46-26)36(39-43-18-21-50(39)6-2)30-14-16-32(48-30)37(31-15-13-29(35)47-31)40-44-19-22-51(40)7-3/h9-24,45,48H,5-8H2,1-4H3. The smallest absolute Gasteiger partial charge is 0.144 e. The molecule has 0 unspecified atom stereocenters. The zero-order valence-electron chi connectivity index (χ0n) is 29.5. The van der Waals surface area contributed by atoms with Gasteiger partial charge in [-0.05, 0) is 76.3 Å². The van der Waals surface area contributed by atoms with E-state index in [4.69, 9.17) is 24.9 Å². The molecule has 2 aliphatic heterocycles. The van der Waals surface area contributed by atoms with Crippen LogP contribution < -0.4 is 0 Å². The van der Waals surface area contributed by atoms with E-state index in [1.807, 2.05) is 49.7 Å². The first-order chi connectivity index (χ1) is 25.6. The molecule has 0 amide bonds. The molecule has 7 aromatic heterocycles. The number of nitrogens with zero attached hydrogens (tertiary/aromatic N) is 10. The number of rotatable bonds is 8. The van der Waals surface area contributed by atoms with Crippen LogP contribution in [0.5, 0.6) is 0 Å². The normalized spacial score (nSPS) is 12.4. The Bertz CT molecular complexity index is 2340. The molecule has 7 aromatic rings. The number of aryl methyl sites for hydroxylation is 4. The first kappa shape index (κ1) is 31.4. The van der Waals surface area contributed by atoms with E-state index in [9.17, 15) is 0 Å². The summed E-state index contributed by atoms with van der Waals surface area (Å²) >= 11 is 0. The number of hydrogen-bond acceptors (Lipinski definition) is 6. The maximum atomic E-state index is 5.37. The van der Waals surface area contributed by atoms with Crippen molar-refractivity contribution in [1.29, 1.82) is 0 Å². The summed E-state index contributed by atoms with van der Waals surface area (Å²) in [6.07, 6.45) is 23.7. The van der Waals surface area contributed by atoms with Gasteiger partial charge in [-0.1, -0.05) is 0 Å². The van der Waals surface area contributed by atoms with Gasteiger partial charge in [0, 0.05) is 68.9 Å². The first-order valence-corrected chi connectivity index (χ1v) is 17.8. The fraction of sp³-hybridized carbons (Fsp3) is 0.200. The summed E-state index contributed by atoms with van der Waals surface area (Å²) in [5, 5.41) is 0. The van der Waals surface area contributed by atoms with Crippen LogP contribution in [0.15, 0.2) is 74.0 Å². The molecule has 0 saturated heterocycles. The summed E-state index contributed by atoms with van der Waals surface area (Å²) in [6.45, 7) is 11.5. The fourth-order valence-electron chi connectivity index (χ4n) is 7.34. The molecule has 9 heterocycles. The lowest BCUT2D eigenvalue weighted by Crippen LogP contribution is -2.00. The highest BCUT2D eigenvalue weighted by Crippen LogP contribution is 2.37. The number of fused-ring (bicyclic) bond motifs is 8. The molecule has 9 rings (SSSR count). The van der Waals surface area contributed by atoms with Crippen molar-refractivity contribution < 1.29 is 0 Å². The summed E-state index contributed by atoms with van der Waals surface area (Å²) < 4.78 is 8.58. The number of imidazole rings is 4. The van der Waals surface area contributed by atoms with Gasteiger partial charge in [0.05, 0.1) is 79.8 Å². The Kier molecular flexibility index (Phi) is 7.64. The zero-order valence-corrected chi connectivity index (χ0v) is 29.5. The van der Waals surface area contributed by atoms with Gasteiger partial charge in [-0.15, -0.1) is 0 Å². The molecular weight excluding hydrogens is 649 g/mol. The number of aromatic amines is 2. The Balaban J connectivity index is 1.49. The lowest BCUT2D eigenvalue weighted by molar-refractivity contribution is 0.768. The molecular formula is C40H38N12. The molecule has 12 heteroatoms. The second kappa shape index (κ2) is 12.6. The molecule has 2 N–H and O–H groups in total. The van der Waals surface area contributed by atoms with Gasteiger partial charge >= 0.3 is 0 Å². The van der Waals surface area contributed by atoms with Gasteiger partial charge in [-0.25, -0.2) is 29.9 Å². The molecule has 2 aliphatic rings. The van der Waals surface area contributed by atoms with Crippen molar-refractivity contribution >= 4 is 46.4 Å². The quantitative estimate of drug-likeness (QED) is 0.166. The van der Waals surface area contributed by atoms with E-state index < -0.39 is 0 Å². The maximum Gasteiger partial charge on any atom is 0.144 e. The van der Waals surface area contributed by atoms with Gasteiger partial charge in [0.25, 0.3) is 0 Å². The van der Waals surface area contributed by atoms with Crippen molar-refractivity contribution in [3.63, 3.8) is 0 Å². The minimum absolute atomic E-state index is 0.761. The van der Waals surface area contributed by atoms with Crippen LogP contribution in [0.4, 0.5) is 0 Å². The predicted molar refractivity (Wildman–Crippen MR) is 206 cm³/mol. The van der Waals surface area contributed by atoms with Crippen LogP contribution in [0, 0.1) is 0 Å². The summed E-state index contributed by atoms with van der Waals surface area (Å²) in [4.78, 5) is 37.4. The highest BCUT2D eigenvalue weighted by Gasteiger charge is 2.23. The third-order valence-electron chi connectivity index (χ3n) is 9.90. The molecule has 258 valence electrons. The van der Waals surface area contributed by atoms with Gasteiger partial charge in [0.15, 0.2) is 0 Å². The van der Waals surface area contributed by atoms with E-state index in [-0.39, 0.29) is 0 Å². The number of hydrogen-bond donors (Lipinski definition) is 2. The Morgan fingerprint density at radius 2 is 0.846 bits per heavy atom. The molecule has 8 bridgehead atoms. The molecule has 0 saturated carbocycles. The van der Waals surface area contributed by atoms with Crippen LogP contribution in [0.1, 0.15) is 50.5 Å². The molecule has 0 aliphatic carbocycles. The molecule has 0 aromatic carbocycles. The fourth-order valence-corrected chi connectivity index (χ4v) is 7.34. The van der Waals surface area contributed by atoms with Crippen molar-refractivity contribution in [1.82, 2.24) is 58.1 Å². The van der Waals surface area contributed by atoms with Crippen LogP contribution in [-0.2, 0) is 26.2 Å². The van der Waals surface area contributed by atoms with E-state index in [0.717, 1.165) is 116 Å². The SMILES string of the molecule is CCn1cncc1-c1c2nc(c(-c3nccn3CC)c3ccc([nH]3)c(-c3nccn3CC)c3nc(c(-c4nccn4CC)c4ccc1[nH]4)C=C3)C=C2. The van der Waals surface area contributed by atoms with Gasteiger partial charge in [-0.3, -0.25) is 0 Å². The molecule has 0 radical (unpaired) electrons.